The van der Waals surface area contributed by atoms with Crippen LogP contribution in [0.3, 0.4) is 0 Å². The Morgan fingerprint density at radius 2 is 1.53 bits per heavy atom. The number of carboxylic acids is 1. The zero-order valence-electron chi connectivity index (χ0n) is 16.2. The number of aliphatic carboxylic acids is 1. The average Bonchev–Trinajstić information content (AvgIpc) is 3.02. The minimum Gasteiger partial charge on any atom is -0.481 e. The van der Waals surface area contributed by atoms with Crippen LogP contribution in [0, 0.1) is 5.92 Å². The van der Waals surface area contributed by atoms with Gasteiger partial charge in [0.2, 0.25) is 0 Å². The van der Waals surface area contributed by atoms with Gasteiger partial charge >= 0.3 is 18.3 Å². The molecule has 1 atom stereocenters. The third-order valence-electron chi connectivity index (χ3n) is 4.68. The van der Waals surface area contributed by atoms with Crippen molar-refractivity contribution in [2.24, 2.45) is 5.92 Å². The standard InChI is InChI=1S/C19H20F6N2O3/c1-10(2)15-26-9-14(8-11(3)16(28)29)27(15)13-6-4-12(5-7-13)17(30,18(20,21)22)19(23,24)25/h4-7,9-11,30H,8H2,1-3H3,(H,28,29). The van der Waals surface area contributed by atoms with Gasteiger partial charge in [-0.25, -0.2) is 4.98 Å². The van der Waals surface area contributed by atoms with E-state index in [1.54, 1.807) is 13.8 Å². The average molecular weight is 438 g/mol. The summed E-state index contributed by atoms with van der Waals surface area (Å²) in [6.45, 7) is 5.03. The smallest absolute Gasteiger partial charge is 0.430 e. The zero-order chi connectivity index (χ0) is 23.1. The maximum Gasteiger partial charge on any atom is 0.430 e. The van der Waals surface area contributed by atoms with Crippen LogP contribution < -0.4 is 0 Å². The highest BCUT2D eigenvalue weighted by molar-refractivity contribution is 5.69. The Bertz CT molecular complexity index is 886. The van der Waals surface area contributed by atoms with Crippen molar-refractivity contribution in [3.05, 3.63) is 47.5 Å². The van der Waals surface area contributed by atoms with Crippen molar-refractivity contribution in [3.8, 4) is 5.69 Å². The van der Waals surface area contributed by atoms with Crippen LogP contribution in [0.25, 0.3) is 5.69 Å². The highest BCUT2D eigenvalue weighted by Crippen LogP contribution is 2.50. The van der Waals surface area contributed by atoms with Crippen LogP contribution in [0.1, 0.15) is 43.8 Å². The lowest BCUT2D eigenvalue weighted by Crippen LogP contribution is -2.53. The number of imidazole rings is 1. The van der Waals surface area contributed by atoms with Crippen LogP contribution in [-0.2, 0) is 16.8 Å². The predicted octanol–water partition coefficient (Wildman–Crippen LogP) is 4.57. The van der Waals surface area contributed by atoms with Crippen molar-refractivity contribution >= 4 is 5.97 Å². The Morgan fingerprint density at radius 3 is 1.93 bits per heavy atom. The summed E-state index contributed by atoms with van der Waals surface area (Å²) in [5, 5.41) is 18.6. The molecule has 0 radical (unpaired) electrons. The van der Waals surface area contributed by atoms with E-state index in [1.807, 2.05) is 0 Å². The fraction of sp³-hybridized carbons (Fsp3) is 0.474. The van der Waals surface area contributed by atoms with E-state index in [0.29, 0.717) is 23.7 Å². The second kappa shape index (κ2) is 7.93. The highest BCUT2D eigenvalue weighted by atomic mass is 19.4. The molecule has 0 aliphatic rings. The summed E-state index contributed by atoms with van der Waals surface area (Å²) in [7, 11) is 0. The first kappa shape index (κ1) is 23.7. The van der Waals surface area contributed by atoms with Gasteiger partial charge < -0.3 is 14.8 Å². The summed E-state index contributed by atoms with van der Waals surface area (Å²) < 4.78 is 79.9. The van der Waals surface area contributed by atoms with Gasteiger partial charge in [0.25, 0.3) is 5.60 Å². The molecule has 2 rings (SSSR count). The highest BCUT2D eigenvalue weighted by Gasteiger charge is 2.71. The molecule has 30 heavy (non-hydrogen) atoms. The van der Waals surface area contributed by atoms with Gasteiger partial charge in [0.15, 0.2) is 0 Å². The van der Waals surface area contributed by atoms with E-state index in [4.69, 9.17) is 5.11 Å². The molecule has 2 N–H and O–H groups in total. The molecule has 0 fully saturated rings. The summed E-state index contributed by atoms with van der Waals surface area (Å²) >= 11 is 0. The van der Waals surface area contributed by atoms with Crippen molar-refractivity contribution in [1.29, 1.82) is 0 Å². The molecule has 166 valence electrons. The Labute approximate surface area is 168 Å². The Hall–Kier alpha value is -2.56. The summed E-state index contributed by atoms with van der Waals surface area (Å²) in [4.78, 5) is 15.4. The van der Waals surface area contributed by atoms with E-state index >= 15 is 0 Å². The molecule has 0 saturated heterocycles. The van der Waals surface area contributed by atoms with Crippen molar-refractivity contribution in [2.75, 3.05) is 0 Å². The molecule has 0 aliphatic carbocycles. The van der Waals surface area contributed by atoms with Crippen LogP contribution in [0.15, 0.2) is 30.5 Å². The van der Waals surface area contributed by atoms with Crippen molar-refractivity contribution in [3.63, 3.8) is 0 Å². The molecule has 5 nitrogen and oxygen atoms in total. The molecular formula is C19H20F6N2O3. The lowest BCUT2D eigenvalue weighted by atomic mass is 9.92. The number of carboxylic acid groups (broad SMARTS) is 1. The monoisotopic (exact) mass is 438 g/mol. The maximum atomic E-state index is 13.1. The fourth-order valence-corrected chi connectivity index (χ4v) is 2.99. The second-order valence-electron chi connectivity index (χ2n) is 7.29. The number of rotatable bonds is 6. The van der Waals surface area contributed by atoms with Gasteiger partial charge in [-0.1, -0.05) is 32.9 Å². The van der Waals surface area contributed by atoms with E-state index in [9.17, 15) is 36.2 Å². The topological polar surface area (TPSA) is 75.3 Å². The van der Waals surface area contributed by atoms with E-state index in [-0.39, 0.29) is 18.0 Å². The van der Waals surface area contributed by atoms with Crippen molar-refractivity contribution < 1.29 is 41.4 Å². The van der Waals surface area contributed by atoms with Gasteiger partial charge in [0, 0.05) is 35.5 Å². The van der Waals surface area contributed by atoms with E-state index in [1.165, 1.54) is 17.7 Å². The number of aromatic nitrogens is 2. The molecule has 2 aromatic rings. The zero-order valence-corrected chi connectivity index (χ0v) is 16.2. The van der Waals surface area contributed by atoms with Gasteiger partial charge in [-0.2, -0.15) is 26.3 Å². The molecule has 0 amide bonds. The van der Waals surface area contributed by atoms with Crippen molar-refractivity contribution in [2.45, 2.75) is 51.1 Å². The number of alkyl halides is 6. The minimum atomic E-state index is -5.98. The SMILES string of the molecule is CC(Cc1cnc(C(C)C)n1-c1ccc(C(O)(C(F)(F)F)C(F)(F)F)cc1)C(=O)O. The number of benzene rings is 1. The van der Waals surface area contributed by atoms with Crippen LogP contribution in [0.2, 0.25) is 0 Å². The van der Waals surface area contributed by atoms with Gasteiger partial charge in [0.1, 0.15) is 5.82 Å². The molecule has 11 heteroatoms. The minimum absolute atomic E-state index is 0.0475. The second-order valence-corrected chi connectivity index (χ2v) is 7.29. The Balaban J connectivity index is 2.58. The molecule has 1 aromatic carbocycles. The number of hydrogen-bond donors (Lipinski definition) is 2. The summed E-state index contributed by atoms with van der Waals surface area (Å²) in [6.07, 6.45) is -10.5. The molecule has 0 aliphatic heterocycles. The Kier molecular flexibility index (Phi) is 6.27. The molecule has 1 unspecified atom stereocenters. The first-order valence-corrected chi connectivity index (χ1v) is 8.87. The summed E-state index contributed by atoms with van der Waals surface area (Å²) in [6, 6.07) is 3.09. The normalized spacial score (nSPS) is 14.2. The quantitative estimate of drug-likeness (QED) is 0.648. The molecular weight excluding hydrogens is 418 g/mol. The first-order valence-electron chi connectivity index (χ1n) is 8.87. The fourth-order valence-electron chi connectivity index (χ4n) is 2.99. The van der Waals surface area contributed by atoms with Crippen LogP contribution >= 0.6 is 0 Å². The van der Waals surface area contributed by atoms with Crippen LogP contribution in [-0.4, -0.2) is 38.1 Å². The van der Waals surface area contributed by atoms with Gasteiger partial charge in [-0.05, 0) is 12.1 Å². The summed E-state index contributed by atoms with van der Waals surface area (Å²) in [5.41, 5.74) is -5.77. The van der Waals surface area contributed by atoms with Gasteiger partial charge in [-0.3, -0.25) is 4.79 Å². The Morgan fingerprint density at radius 1 is 1.03 bits per heavy atom. The first-order chi connectivity index (χ1) is 13.6. The molecule has 1 aromatic heterocycles. The lowest BCUT2D eigenvalue weighted by molar-refractivity contribution is -0.376. The third-order valence-corrected chi connectivity index (χ3v) is 4.68. The maximum absolute atomic E-state index is 13.1. The van der Waals surface area contributed by atoms with E-state index in [0.717, 1.165) is 12.1 Å². The van der Waals surface area contributed by atoms with Crippen molar-refractivity contribution in [1.82, 2.24) is 9.55 Å². The van der Waals surface area contributed by atoms with Crippen LogP contribution in [0.5, 0.6) is 0 Å². The predicted molar refractivity (Wildman–Crippen MR) is 94.2 cm³/mol. The number of halogens is 6. The largest absolute Gasteiger partial charge is 0.481 e. The number of nitrogens with zero attached hydrogens (tertiary/aromatic N) is 2. The number of carbonyl (C=O) groups is 1. The number of hydrogen-bond acceptors (Lipinski definition) is 3. The number of aliphatic hydroxyl groups is 1. The van der Waals surface area contributed by atoms with E-state index in [2.05, 4.69) is 4.98 Å². The van der Waals surface area contributed by atoms with Crippen LogP contribution in [0.4, 0.5) is 26.3 Å². The molecule has 1 heterocycles. The molecule has 0 saturated carbocycles. The molecule has 0 bridgehead atoms. The third kappa shape index (κ3) is 4.16. The lowest BCUT2D eigenvalue weighted by Gasteiger charge is -2.32. The van der Waals surface area contributed by atoms with Gasteiger partial charge in [0.05, 0.1) is 5.92 Å². The van der Waals surface area contributed by atoms with E-state index < -0.39 is 35.4 Å². The molecule has 0 spiro atoms. The summed E-state index contributed by atoms with van der Waals surface area (Å²) in [5.74, 6) is -1.57. The van der Waals surface area contributed by atoms with Gasteiger partial charge in [-0.15, -0.1) is 0 Å².